The lowest BCUT2D eigenvalue weighted by atomic mass is 9.47. The summed E-state index contributed by atoms with van der Waals surface area (Å²) in [6.45, 7) is 4.56. The molecule has 8 atom stereocenters. The fraction of sp³-hybridized carbons (Fsp3) is 0.679. The molecule has 2 heterocycles. The molecule has 36 heavy (non-hydrogen) atoms. The molecule has 3 fully saturated rings. The molecule has 196 valence electrons. The third kappa shape index (κ3) is 4.04. The maximum Gasteiger partial charge on any atom is 0.414 e. The van der Waals surface area contributed by atoms with E-state index < -0.39 is 18.1 Å². The predicted molar refractivity (Wildman–Crippen MR) is 129 cm³/mol. The molecule has 1 aliphatic heterocycles. The topological polar surface area (TPSA) is 62.3 Å². The first-order valence-electron chi connectivity index (χ1n) is 13.2. The van der Waals surface area contributed by atoms with Gasteiger partial charge in [0.25, 0.3) is 0 Å². The van der Waals surface area contributed by atoms with Crippen LogP contribution in [0.4, 0.5) is 13.2 Å². The fourth-order valence-corrected chi connectivity index (χ4v) is 8.50. The lowest BCUT2D eigenvalue weighted by Gasteiger charge is -2.60. The van der Waals surface area contributed by atoms with Crippen molar-refractivity contribution in [1.29, 1.82) is 0 Å². The summed E-state index contributed by atoms with van der Waals surface area (Å²) in [6, 6.07) is 2.48. The molecule has 3 aliphatic carbocycles. The maximum atomic E-state index is 13.7. The van der Waals surface area contributed by atoms with Gasteiger partial charge < -0.3 is 10.2 Å². The van der Waals surface area contributed by atoms with Crippen molar-refractivity contribution in [2.75, 3.05) is 7.05 Å². The molecule has 4 aliphatic rings. The molecule has 1 aromatic heterocycles. The zero-order valence-electron chi connectivity index (χ0n) is 21.2. The van der Waals surface area contributed by atoms with Crippen LogP contribution in [0.25, 0.3) is 0 Å². The number of rotatable bonds is 4. The Bertz CT molecular complexity index is 1040. The first-order chi connectivity index (χ1) is 16.9. The molecule has 1 N–H and O–H groups in total. The van der Waals surface area contributed by atoms with Gasteiger partial charge in [0.15, 0.2) is 6.04 Å². The molecule has 3 saturated carbocycles. The minimum atomic E-state index is -4.61. The second-order valence-corrected chi connectivity index (χ2v) is 11.9. The van der Waals surface area contributed by atoms with E-state index in [2.05, 4.69) is 30.2 Å². The van der Waals surface area contributed by atoms with Gasteiger partial charge in [-0.3, -0.25) is 14.6 Å². The van der Waals surface area contributed by atoms with Crippen molar-refractivity contribution >= 4 is 11.8 Å². The number of nitrogens with zero attached hydrogens (tertiary/aromatic N) is 2. The van der Waals surface area contributed by atoms with Crippen LogP contribution in [0.15, 0.2) is 36.5 Å². The summed E-state index contributed by atoms with van der Waals surface area (Å²) in [5, 5.41) is 2.25. The van der Waals surface area contributed by atoms with Crippen LogP contribution in [-0.4, -0.2) is 41.0 Å². The quantitative estimate of drug-likeness (QED) is 0.595. The predicted octanol–water partition coefficient (Wildman–Crippen LogP) is 5.45. The highest BCUT2D eigenvalue weighted by Gasteiger charge is 2.60. The highest BCUT2D eigenvalue weighted by molar-refractivity contribution is 5.89. The summed E-state index contributed by atoms with van der Waals surface area (Å²) in [6.07, 6.45) is 6.59. The van der Waals surface area contributed by atoms with E-state index in [0.29, 0.717) is 17.8 Å². The smallest absolute Gasteiger partial charge is 0.340 e. The van der Waals surface area contributed by atoms with Crippen LogP contribution >= 0.6 is 0 Å². The average Bonchev–Trinajstić information content (AvgIpc) is 3.16. The molecule has 5 nitrogen and oxygen atoms in total. The van der Waals surface area contributed by atoms with Crippen LogP contribution in [0.5, 0.6) is 0 Å². The van der Waals surface area contributed by atoms with Gasteiger partial charge in [0.2, 0.25) is 11.8 Å². The van der Waals surface area contributed by atoms with Gasteiger partial charge in [-0.05, 0) is 85.8 Å². The highest BCUT2D eigenvalue weighted by atomic mass is 19.4. The van der Waals surface area contributed by atoms with Gasteiger partial charge in [0.05, 0.1) is 5.69 Å². The number of hydrogen-bond donors (Lipinski definition) is 1. The normalized spacial score (nSPS) is 38.7. The van der Waals surface area contributed by atoms with E-state index in [1.54, 1.807) is 12.1 Å². The van der Waals surface area contributed by atoms with Crippen LogP contribution in [0.2, 0.25) is 0 Å². The highest BCUT2D eigenvalue weighted by Crippen LogP contribution is 2.66. The lowest BCUT2D eigenvalue weighted by molar-refractivity contribution is -0.165. The van der Waals surface area contributed by atoms with Gasteiger partial charge in [0.1, 0.15) is 0 Å². The van der Waals surface area contributed by atoms with Crippen LogP contribution in [0.3, 0.4) is 0 Å². The van der Waals surface area contributed by atoms with E-state index in [0.717, 1.165) is 38.5 Å². The van der Waals surface area contributed by atoms with E-state index in [4.69, 9.17) is 0 Å². The molecule has 1 aromatic rings. The summed E-state index contributed by atoms with van der Waals surface area (Å²) in [5.74, 6) is 1.04. The molecule has 1 unspecified atom stereocenters. The number of carbonyl (C=O) groups excluding carboxylic acids is 2. The van der Waals surface area contributed by atoms with Crippen molar-refractivity contribution in [3.8, 4) is 0 Å². The summed E-state index contributed by atoms with van der Waals surface area (Å²) in [5.41, 5.74) is -0.297. The number of aromatic nitrogens is 1. The van der Waals surface area contributed by atoms with Crippen molar-refractivity contribution in [1.82, 2.24) is 15.2 Å². The zero-order chi connectivity index (χ0) is 25.9. The molecule has 0 saturated heterocycles. The zero-order valence-corrected chi connectivity index (χ0v) is 21.2. The summed E-state index contributed by atoms with van der Waals surface area (Å²) >= 11 is 0. The monoisotopic (exact) mass is 503 g/mol. The van der Waals surface area contributed by atoms with Gasteiger partial charge in [-0.25, -0.2) is 0 Å². The molecule has 0 aromatic carbocycles. The van der Waals surface area contributed by atoms with Crippen LogP contribution in [0.1, 0.15) is 70.5 Å². The summed E-state index contributed by atoms with van der Waals surface area (Å²) in [7, 11) is 1.91. The Hall–Kier alpha value is -2.38. The largest absolute Gasteiger partial charge is 0.414 e. The fourth-order valence-electron chi connectivity index (χ4n) is 8.50. The Morgan fingerprint density at radius 3 is 2.64 bits per heavy atom. The SMILES string of the molecule is CN1C(=O)C=C[C@]2(C)[C@H]3CC[C@]4(C)[C@@H](CC(=O)NC(c5ccccn5)C(F)(F)F)CC[C@H]4[C@@H]3CC[C@@H]12. The number of amides is 2. The van der Waals surface area contributed by atoms with Crippen molar-refractivity contribution < 1.29 is 22.8 Å². The number of hydrogen-bond acceptors (Lipinski definition) is 3. The van der Waals surface area contributed by atoms with Crippen LogP contribution in [0, 0.1) is 34.5 Å². The van der Waals surface area contributed by atoms with Crippen molar-refractivity contribution in [3.63, 3.8) is 0 Å². The standard InChI is InChI=1S/C28H36F3N3O2/c1-26-13-11-20-18(8-10-22-27(20,2)14-12-24(36)34(22)3)19(26)9-7-17(26)16-23(35)33-25(28(29,30)31)21-6-4-5-15-32-21/h4-6,12,14-15,17-20,22,25H,7-11,13,16H2,1-3H3,(H,33,35)/t17-,18+,19+,20+,22-,25?,26-,27-/m1/s1. The first-order valence-corrected chi connectivity index (χ1v) is 13.2. The summed E-state index contributed by atoms with van der Waals surface area (Å²) in [4.78, 5) is 31.0. The minimum absolute atomic E-state index is 0.0506. The Morgan fingerprint density at radius 2 is 1.94 bits per heavy atom. The number of likely N-dealkylation sites (N-methyl/N-ethyl adjacent to an activating group) is 1. The molecular weight excluding hydrogens is 467 g/mol. The maximum absolute atomic E-state index is 13.7. The third-order valence-electron chi connectivity index (χ3n) is 10.4. The van der Waals surface area contributed by atoms with E-state index in [1.165, 1.54) is 18.3 Å². The first kappa shape index (κ1) is 25.3. The van der Waals surface area contributed by atoms with Gasteiger partial charge in [-0.1, -0.05) is 26.0 Å². The Balaban J connectivity index is 1.30. The van der Waals surface area contributed by atoms with Gasteiger partial charge in [-0.15, -0.1) is 0 Å². The molecule has 8 heteroatoms. The molecule has 0 spiro atoms. The molecule has 2 amide bonds. The van der Waals surface area contributed by atoms with Crippen LogP contribution in [-0.2, 0) is 9.59 Å². The van der Waals surface area contributed by atoms with E-state index in [-0.39, 0.29) is 40.8 Å². The van der Waals surface area contributed by atoms with Crippen molar-refractivity contribution in [3.05, 3.63) is 42.2 Å². The number of pyridine rings is 1. The molecule has 5 rings (SSSR count). The van der Waals surface area contributed by atoms with Crippen LogP contribution < -0.4 is 5.32 Å². The van der Waals surface area contributed by atoms with E-state index in [1.807, 2.05) is 11.9 Å². The number of alkyl halides is 3. The number of halogens is 3. The second kappa shape index (κ2) is 8.88. The third-order valence-corrected chi connectivity index (χ3v) is 10.4. The molecular formula is C28H36F3N3O2. The van der Waals surface area contributed by atoms with Gasteiger partial charge in [-0.2, -0.15) is 13.2 Å². The number of nitrogens with one attached hydrogen (secondary N) is 1. The lowest BCUT2D eigenvalue weighted by Crippen LogP contribution is -2.59. The second-order valence-electron chi connectivity index (χ2n) is 11.9. The van der Waals surface area contributed by atoms with E-state index >= 15 is 0 Å². The molecule has 0 bridgehead atoms. The number of carbonyl (C=O) groups is 2. The molecule has 0 radical (unpaired) electrons. The van der Waals surface area contributed by atoms with Gasteiger partial charge in [0, 0.05) is 31.1 Å². The van der Waals surface area contributed by atoms with Crippen molar-refractivity contribution in [2.45, 2.75) is 77.1 Å². The minimum Gasteiger partial charge on any atom is -0.340 e. The number of fused-ring (bicyclic) bond motifs is 5. The van der Waals surface area contributed by atoms with E-state index in [9.17, 15) is 22.8 Å². The summed E-state index contributed by atoms with van der Waals surface area (Å²) < 4.78 is 41.2. The van der Waals surface area contributed by atoms with Gasteiger partial charge >= 0.3 is 6.18 Å². The Labute approximate surface area is 210 Å². The Morgan fingerprint density at radius 1 is 1.17 bits per heavy atom. The Kier molecular flexibility index (Phi) is 6.23. The average molecular weight is 504 g/mol. The van der Waals surface area contributed by atoms with Crippen molar-refractivity contribution in [2.24, 2.45) is 34.5 Å².